The first-order valence-corrected chi connectivity index (χ1v) is 8.40. The second kappa shape index (κ2) is 6.40. The minimum Gasteiger partial charge on any atom is -0.481 e. The lowest BCUT2D eigenvalue weighted by molar-refractivity contribution is -0.149. The SMILES string of the molecule is O=C(NCCc1cccc(Cl)c1)N1C[C@@H]2CCC[C@@]2(C(=O)O)C1. The van der Waals surface area contributed by atoms with E-state index in [1.807, 2.05) is 24.3 Å². The number of halogens is 1. The van der Waals surface area contributed by atoms with Crippen molar-refractivity contribution in [3.05, 3.63) is 34.9 Å². The molecule has 1 aliphatic carbocycles. The second-order valence-electron chi connectivity index (χ2n) is 6.54. The molecule has 1 saturated heterocycles. The van der Waals surface area contributed by atoms with Crippen LogP contribution < -0.4 is 5.32 Å². The van der Waals surface area contributed by atoms with Gasteiger partial charge in [-0.2, -0.15) is 0 Å². The Hall–Kier alpha value is -1.75. The Morgan fingerprint density at radius 1 is 1.43 bits per heavy atom. The molecule has 2 aliphatic rings. The van der Waals surface area contributed by atoms with E-state index < -0.39 is 11.4 Å². The predicted molar refractivity (Wildman–Crippen MR) is 87.5 cm³/mol. The van der Waals surface area contributed by atoms with E-state index in [0.29, 0.717) is 37.5 Å². The zero-order valence-electron chi connectivity index (χ0n) is 12.9. The van der Waals surface area contributed by atoms with Crippen molar-refractivity contribution in [2.24, 2.45) is 11.3 Å². The summed E-state index contributed by atoms with van der Waals surface area (Å²) < 4.78 is 0. The Balaban J connectivity index is 1.53. The maximum Gasteiger partial charge on any atom is 0.317 e. The average Bonchev–Trinajstić information content (AvgIpc) is 3.05. The van der Waals surface area contributed by atoms with Gasteiger partial charge in [-0.25, -0.2) is 4.79 Å². The highest BCUT2D eigenvalue weighted by Gasteiger charge is 2.55. The number of likely N-dealkylation sites (tertiary alicyclic amines) is 1. The van der Waals surface area contributed by atoms with Crippen LogP contribution in [0, 0.1) is 11.3 Å². The lowest BCUT2D eigenvalue weighted by Gasteiger charge is -2.23. The molecule has 1 heterocycles. The Morgan fingerprint density at radius 3 is 2.96 bits per heavy atom. The lowest BCUT2D eigenvalue weighted by atomic mass is 9.81. The van der Waals surface area contributed by atoms with Crippen LogP contribution in [0.15, 0.2) is 24.3 Å². The highest BCUT2D eigenvalue weighted by Crippen LogP contribution is 2.48. The number of fused-ring (bicyclic) bond motifs is 1. The van der Waals surface area contributed by atoms with Gasteiger partial charge < -0.3 is 15.3 Å². The maximum absolute atomic E-state index is 12.3. The van der Waals surface area contributed by atoms with Crippen LogP contribution in [-0.4, -0.2) is 41.6 Å². The number of aliphatic carboxylic acids is 1. The van der Waals surface area contributed by atoms with Crippen LogP contribution in [0.25, 0.3) is 0 Å². The molecule has 0 aromatic heterocycles. The Morgan fingerprint density at radius 2 is 2.26 bits per heavy atom. The molecule has 124 valence electrons. The van der Waals surface area contributed by atoms with Gasteiger partial charge in [0.15, 0.2) is 0 Å². The third-order valence-electron chi connectivity index (χ3n) is 5.16. The summed E-state index contributed by atoms with van der Waals surface area (Å²) in [6.07, 6.45) is 3.23. The topological polar surface area (TPSA) is 69.6 Å². The van der Waals surface area contributed by atoms with Gasteiger partial charge in [0.25, 0.3) is 0 Å². The first kappa shape index (κ1) is 16.1. The molecule has 1 aliphatic heterocycles. The number of hydrogen-bond acceptors (Lipinski definition) is 2. The summed E-state index contributed by atoms with van der Waals surface area (Å²) in [6.45, 7) is 1.39. The van der Waals surface area contributed by atoms with E-state index in [2.05, 4.69) is 5.32 Å². The molecule has 23 heavy (non-hydrogen) atoms. The Kier molecular flexibility index (Phi) is 4.48. The van der Waals surface area contributed by atoms with E-state index in [0.717, 1.165) is 18.4 Å². The van der Waals surface area contributed by atoms with Gasteiger partial charge in [0.05, 0.1) is 5.41 Å². The number of rotatable bonds is 4. The Labute approximate surface area is 140 Å². The fourth-order valence-corrected chi connectivity index (χ4v) is 4.12. The van der Waals surface area contributed by atoms with E-state index in [-0.39, 0.29) is 11.9 Å². The molecule has 2 atom stereocenters. The van der Waals surface area contributed by atoms with E-state index in [9.17, 15) is 14.7 Å². The first-order chi connectivity index (χ1) is 11.0. The van der Waals surface area contributed by atoms with E-state index in [1.165, 1.54) is 0 Å². The summed E-state index contributed by atoms with van der Waals surface area (Å²) in [4.78, 5) is 25.6. The standard InChI is InChI=1S/C17H21ClN2O3/c18-14-5-1-3-12(9-14)6-8-19-16(23)20-10-13-4-2-7-17(13,11-20)15(21)22/h1,3,5,9,13H,2,4,6-8,10-11H2,(H,19,23)(H,21,22)/t13-,17+/m0/s1. The third kappa shape index (κ3) is 3.15. The first-order valence-electron chi connectivity index (χ1n) is 8.02. The van der Waals surface area contributed by atoms with Crippen molar-refractivity contribution in [1.82, 2.24) is 10.2 Å². The van der Waals surface area contributed by atoms with Crippen molar-refractivity contribution < 1.29 is 14.7 Å². The summed E-state index contributed by atoms with van der Waals surface area (Å²) in [7, 11) is 0. The second-order valence-corrected chi connectivity index (χ2v) is 6.98. The van der Waals surface area contributed by atoms with Crippen molar-refractivity contribution in [3.8, 4) is 0 Å². The van der Waals surface area contributed by atoms with E-state index >= 15 is 0 Å². The van der Waals surface area contributed by atoms with E-state index in [1.54, 1.807) is 4.90 Å². The molecule has 1 aromatic rings. The molecule has 6 heteroatoms. The van der Waals surface area contributed by atoms with Gasteiger partial charge in [-0.15, -0.1) is 0 Å². The number of carbonyl (C=O) groups is 2. The molecule has 0 spiro atoms. The van der Waals surface area contributed by atoms with Gasteiger partial charge in [-0.3, -0.25) is 4.79 Å². The van der Waals surface area contributed by atoms with Crippen molar-refractivity contribution >= 4 is 23.6 Å². The van der Waals surface area contributed by atoms with Crippen molar-refractivity contribution in [1.29, 1.82) is 0 Å². The van der Waals surface area contributed by atoms with Crippen LogP contribution in [-0.2, 0) is 11.2 Å². The fourth-order valence-electron chi connectivity index (χ4n) is 3.91. The summed E-state index contributed by atoms with van der Waals surface area (Å²) >= 11 is 5.94. The number of carbonyl (C=O) groups excluding carboxylic acids is 1. The maximum atomic E-state index is 12.3. The van der Waals surface area contributed by atoms with Crippen LogP contribution in [0.1, 0.15) is 24.8 Å². The number of carboxylic acid groups (broad SMARTS) is 1. The summed E-state index contributed by atoms with van der Waals surface area (Å²) in [5.74, 6) is -0.659. The third-order valence-corrected chi connectivity index (χ3v) is 5.40. The molecule has 2 N–H and O–H groups in total. The molecular weight excluding hydrogens is 316 g/mol. The molecule has 0 bridgehead atoms. The smallest absolute Gasteiger partial charge is 0.317 e. The zero-order chi connectivity index (χ0) is 16.4. The van der Waals surface area contributed by atoms with Gasteiger partial charge >= 0.3 is 12.0 Å². The van der Waals surface area contributed by atoms with Crippen LogP contribution in [0.2, 0.25) is 5.02 Å². The van der Waals surface area contributed by atoms with Crippen LogP contribution in [0.3, 0.4) is 0 Å². The highest BCUT2D eigenvalue weighted by molar-refractivity contribution is 6.30. The molecule has 3 rings (SSSR count). The monoisotopic (exact) mass is 336 g/mol. The summed E-state index contributed by atoms with van der Waals surface area (Å²) in [5, 5.41) is 13.1. The van der Waals surface area contributed by atoms with Gasteiger partial charge in [-0.05, 0) is 42.9 Å². The molecule has 5 nitrogen and oxygen atoms in total. The number of nitrogens with zero attached hydrogens (tertiary/aromatic N) is 1. The number of hydrogen-bond donors (Lipinski definition) is 2. The van der Waals surface area contributed by atoms with Crippen molar-refractivity contribution in [2.45, 2.75) is 25.7 Å². The highest BCUT2D eigenvalue weighted by atomic mass is 35.5. The van der Waals surface area contributed by atoms with Crippen LogP contribution >= 0.6 is 11.6 Å². The number of carboxylic acids is 1. The molecule has 2 fully saturated rings. The molecule has 2 amide bonds. The predicted octanol–water partition coefficient (Wildman–Crippen LogP) is 2.78. The van der Waals surface area contributed by atoms with Gasteiger partial charge in [-0.1, -0.05) is 30.2 Å². The number of amides is 2. The molecular formula is C17H21ClN2O3. The lowest BCUT2D eigenvalue weighted by Crippen LogP contribution is -2.42. The molecule has 0 unspecified atom stereocenters. The fraction of sp³-hybridized carbons (Fsp3) is 0.529. The largest absolute Gasteiger partial charge is 0.481 e. The van der Waals surface area contributed by atoms with Gasteiger partial charge in [0.2, 0.25) is 0 Å². The quantitative estimate of drug-likeness (QED) is 0.888. The van der Waals surface area contributed by atoms with Gasteiger partial charge in [0.1, 0.15) is 0 Å². The molecule has 0 radical (unpaired) electrons. The number of benzene rings is 1. The minimum atomic E-state index is -0.755. The van der Waals surface area contributed by atoms with E-state index in [4.69, 9.17) is 11.6 Å². The summed E-state index contributed by atoms with van der Waals surface area (Å²) in [6, 6.07) is 7.39. The zero-order valence-corrected chi connectivity index (χ0v) is 13.7. The molecule has 1 saturated carbocycles. The van der Waals surface area contributed by atoms with Crippen LogP contribution in [0.5, 0.6) is 0 Å². The minimum absolute atomic E-state index is 0.0960. The Bertz CT molecular complexity index is 622. The van der Waals surface area contributed by atoms with Crippen LogP contribution in [0.4, 0.5) is 4.79 Å². The molecule has 1 aromatic carbocycles. The average molecular weight is 337 g/mol. The van der Waals surface area contributed by atoms with Crippen molar-refractivity contribution in [3.63, 3.8) is 0 Å². The van der Waals surface area contributed by atoms with Gasteiger partial charge in [0, 0.05) is 24.7 Å². The number of urea groups is 1. The normalized spacial score (nSPS) is 26.1. The summed E-state index contributed by atoms with van der Waals surface area (Å²) in [5.41, 5.74) is 0.350. The number of nitrogens with one attached hydrogen (secondary N) is 1. The van der Waals surface area contributed by atoms with Crippen molar-refractivity contribution in [2.75, 3.05) is 19.6 Å².